The first kappa shape index (κ1) is 10.4. The molecule has 0 aromatic heterocycles. The van der Waals surface area contributed by atoms with Crippen molar-refractivity contribution in [3.63, 3.8) is 0 Å². The Bertz CT molecular complexity index is 181. The fraction of sp³-hybridized carbons (Fsp3) is 1.00. The van der Waals surface area contributed by atoms with Crippen LogP contribution in [0.3, 0.4) is 0 Å². The summed E-state index contributed by atoms with van der Waals surface area (Å²) in [4.78, 5) is 0. The van der Waals surface area contributed by atoms with E-state index < -0.39 is 0 Å². The molecule has 14 heavy (non-hydrogen) atoms. The van der Waals surface area contributed by atoms with Gasteiger partial charge in [-0.2, -0.15) is 0 Å². The van der Waals surface area contributed by atoms with Crippen LogP contribution in [-0.2, 0) is 4.74 Å². The number of fused-ring (bicyclic) bond motifs is 1. The van der Waals surface area contributed by atoms with E-state index in [4.69, 9.17) is 4.74 Å². The quantitative estimate of drug-likeness (QED) is 0.738. The summed E-state index contributed by atoms with van der Waals surface area (Å²) in [5.41, 5.74) is 0. The van der Waals surface area contributed by atoms with Gasteiger partial charge in [-0.25, -0.2) is 0 Å². The minimum absolute atomic E-state index is 0.0444. The molecule has 82 valence electrons. The van der Waals surface area contributed by atoms with Crippen molar-refractivity contribution in [2.75, 3.05) is 6.61 Å². The average molecular weight is 198 g/mol. The van der Waals surface area contributed by atoms with Gasteiger partial charge in [0.15, 0.2) is 0 Å². The minimum atomic E-state index is -0.0444. The average Bonchev–Trinajstić information content (AvgIpc) is 2.23. The second-order valence-corrected chi connectivity index (χ2v) is 4.75. The SMILES string of the molecule is CCO[C@H]1CC[C@H](O)[C@H]2CCCC[C@@H]21. The molecular formula is C12H22O2. The first-order chi connectivity index (χ1) is 6.83. The van der Waals surface area contributed by atoms with Crippen LogP contribution in [0.4, 0.5) is 0 Å². The van der Waals surface area contributed by atoms with Crippen LogP contribution >= 0.6 is 0 Å². The van der Waals surface area contributed by atoms with Gasteiger partial charge >= 0.3 is 0 Å². The third kappa shape index (κ3) is 1.96. The fourth-order valence-corrected chi connectivity index (χ4v) is 3.31. The van der Waals surface area contributed by atoms with Gasteiger partial charge in [-0.15, -0.1) is 0 Å². The maximum absolute atomic E-state index is 9.93. The summed E-state index contributed by atoms with van der Waals surface area (Å²) in [5, 5.41) is 9.93. The van der Waals surface area contributed by atoms with Crippen LogP contribution in [0.2, 0.25) is 0 Å². The van der Waals surface area contributed by atoms with E-state index >= 15 is 0 Å². The van der Waals surface area contributed by atoms with Crippen molar-refractivity contribution in [3.05, 3.63) is 0 Å². The largest absolute Gasteiger partial charge is 0.393 e. The van der Waals surface area contributed by atoms with E-state index in [9.17, 15) is 5.11 Å². The van der Waals surface area contributed by atoms with Crippen molar-refractivity contribution in [3.8, 4) is 0 Å². The molecule has 0 unspecified atom stereocenters. The van der Waals surface area contributed by atoms with Crippen LogP contribution in [0, 0.1) is 11.8 Å². The van der Waals surface area contributed by atoms with E-state index in [1.54, 1.807) is 0 Å². The zero-order valence-corrected chi connectivity index (χ0v) is 9.11. The minimum Gasteiger partial charge on any atom is -0.393 e. The summed E-state index contributed by atoms with van der Waals surface area (Å²) >= 11 is 0. The number of ether oxygens (including phenoxy) is 1. The Morgan fingerprint density at radius 2 is 1.79 bits per heavy atom. The zero-order chi connectivity index (χ0) is 9.97. The van der Waals surface area contributed by atoms with E-state index in [0.717, 1.165) is 19.4 Å². The molecule has 2 aliphatic rings. The van der Waals surface area contributed by atoms with Gasteiger partial charge in [0.25, 0.3) is 0 Å². The lowest BCUT2D eigenvalue weighted by Crippen LogP contribution is -2.43. The second-order valence-electron chi connectivity index (χ2n) is 4.75. The van der Waals surface area contributed by atoms with Crippen LogP contribution in [0.25, 0.3) is 0 Å². The first-order valence-corrected chi connectivity index (χ1v) is 6.12. The maximum atomic E-state index is 9.93. The van der Waals surface area contributed by atoms with Crippen molar-refractivity contribution in [2.24, 2.45) is 11.8 Å². The molecule has 2 nitrogen and oxygen atoms in total. The normalized spacial score (nSPS) is 43.3. The molecule has 0 radical (unpaired) electrons. The van der Waals surface area contributed by atoms with Gasteiger partial charge in [-0.1, -0.05) is 12.8 Å². The fourth-order valence-electron chi connectivity index (χ4n) is 3.31. The molecule has 0 aromatic carbocycles. The van der Waals surface area contributed by atoms with Crippen molar-refractivity contribution in [1.29, 1.82) is 0 Å². The zero-order valence-electron chi connectivity index (χ0n) is 9.11. The predicted octanol–water partition coefficient (Wildman–Crippen LogP) is 2.35. The number of hydrogen-bond donors (Lipinski definition) is 1. The molecule has 0 amide bonds. The van der Waals surface area contributed by atoms with Gasteiger partial charge in [0.05, 0.1) is 12.2 Å². The van der Waals surface area contributed by atoms with Crippen LogP contribution in [0.5, 0.6) is 0 Å². The van der Waals surface area contributed by atoms with Gasteiger partial charge in [0.1, 0.15) is 0 Å². The monoisotopic (exact) mass is 198 g/mol. The molecular weight excluding hydrogens is 176 g/mol. The Labute approximate surface area is 86.6 Å². The number of rotatable bonds is 2. The Hall–Kier alpha value is -0.0800. The van der Waals surface area contributed by atoms with E-state index in [2.05, 4.69) is 6.92 Å². The highest BCUT2D eigenvalue weighted by Crippen LogP contribution is 2.41. The topological polar surface area (TPSA) is 29.5 Å². The second kappa shape index (κ2) is 4.63. The third-order valence-corrected chi connectivity index (χ3v) is 3.97. The molecule has 2 heteroatoms. The lowest BCUT2D eigenvalue weighted by molar-refractivity contribution is -0.0892. The summed E-state index contributed by atoms with van der Waals surface area (Å²) in [7, 11) is 0. The van der Waals surface area contributed by atoms with Crippen LogP contribution in [-0.4, -0.2) is 23.9 Å². The molecule has 4 atom stereocenters. The lowest BCUT2D eigenvalue weighted by atomic mass is 9.68. The van der Waals surface area contributed by atoms with E-state index in [1.807, 2.05) is 0 Å². The molecule has 0 saturated heterocycles. The van der Waals surface area contributed by atoms with Gasteiger partial charge in [-0.05, 0) is 44.4 Å². The molecule has 0 spiro atoms. The Kier molecular flexibility index (Phi) is 3.45. The van der Waals surface area contributed by atoms with Crippen LogP contribution in [0.15, 0.2) is 0 Å². The highest BCUT2D eigenvalue weighted by Gasteiger charge is 2.40. The van der Waals surface area contributed by atoms with Crippen LogP contribution < -0.4 is 0 Å². The number of aliphatic hydroxyl groups excluding tert-OH is 1. The summed E-state index contributed by atoms with van der Waals surface area (Å²) in [6.07, 6.45) is 7.53. The Balaban J connectivity index is 2.00. The van der Waals surface area contributed by atoms with E-state index in [0.29, 0.717) is 17.9 Å². The highest BCUT2D eigenvalue weighted by molar-refractivity contribution is 4.90. The molecule has 0 aliphatic heterocycles. The molecule has 0 bridgehead atoms. The molecule has 1 N–H and O–H groups in total. The Morgan fingerprint density at radius 3 is 2.50 bits per heavy atom. The number of aliphatic hydroxyl groups is 1. The molecule has 0 aromatic rings. The van der Waals surface area contributed by atoms with Crippen LogP contribution in [0.1, 0.15) is 45.4 Å². The summed E-state index contributed by atoms with van der Waals surface area (Å²) in [6.45, 7) is 2.90. The standard InChI is InChI=1S/C12H22O2/c1-2-14-12-8-7-11(13)9-5-3-4-6-10(9)12/h9-13H,2-8H2,1H3/t9-,10-,11-,12-/m0/s1. The van der Waals surface area contributed by atoms with Gasteiger partial charge in [0.2, 0.25) is 0 Å². The highest BCUT2D eigenvalue weighted by atomic mass is 16.5. The van der Waals surface area contributed by atoms with Crippen molar-refractivity contribution in [1.82, 2.24) is 0 Å². The van der Waals surface area contributed by atoms with Gasteiger partial charge in [-0.3, -0.25) is 0 Å². The lowest BCUT2D eigenvalue weighted by Gasteiger charge is -2.43. The van der Waals surface area contributed by atoms with Crippen molar-refractivity contribution in [2.45, 2.75) is 57.7 Å². The molecule has 0 heterocycles. The van der Waals surface area contributed by atoms with Crippen molar-refractivity contribution < 1.29 is 9.84 Å². The maximum Gasteiger partial charge on any atom is 0.0607 e. The smallest absolute Gasteiger partial charge is 0.0607 e. The molecule has 2 fully saturated rings. The molecule has 2 rings (SSSR count). The molecule has 2 saturated carbocycles. The summed E-state index contributed by atoms with van der Waals surface area (Å²) in [5.74, 6) is 1.18. The van der Waals surface area contributed by atoms with E-state index in [-0.39, 0.29) is 6.10 Å². The van der Waals surface area contributed by atoms with Gasteiger partial charge < -0.3 is 9.84 Å². The van der Waals surface area contributed by atoms with Crippen molar-refractivity contribution >= 4 is 0 Å². The predicted molar refractivity (Wildman–Crippen MR) is 56.1 cm³/mol. The number of hydrogen-bond acceptors (Lipinski definition) is 2. The van der Waals surface area contributed by atoms with Gasteiger partial charge in [0, 0.05) is 6.61 Å². The van der Waals surface area contributed by atoms with E-state index in [1.165, 1.54) is 25.7 Å². The Morgan fingerprint density at radius 1 is 1.07 bits per heavy atom. The summed E-state index contributed by atoms with van der Waals surface area (Å²) in [6, 6.07) is 0. The summed E-state index contributed by atoms with van der Waals surface area (Å²) < 4.78 is 5.79. The first-order valence-electron chi connectivity index (χ1n) is 6.12. The molecule has 2 aliphatic carbocycles. The third-order valence-electron chi connectivity index (χ3n) is 3.97.